The predicted octanol–water partition coefficient (Wildman–Crippen LogP) is 2.88. The van der Waals surface area contributed by atoms with Gasteiger partial charge in [-0.1, -0.05) is 28.1 Å². The van der Waals surface area contributed by atoms with E-state index in [0.29, 0.717) is 18.9 Å². The number of carbonyl (C=O) groups is 1. The highest BCUT2D eigenvalue weighted by molar-refractivity contribution is 9.10. The molecule has 1 aliphatic rings. The first-order valence-electron chi connectivity index (χ1n) is 6.35. The van der Waals surface area contributed by atoms with Crippen molar-refractivity contribution in [2.24, 2.45) is 5.92 Å². The average Bonchev–Trinajstić information content (AvgIpc) is 2.89. The molecule has 0 amide bonds. The van der Waals surface area contributed by atoms with E-state index in [0.717, 1.165) is 29.5 Å². The van der Waals surface area contributed by atoms with E-state index in [1.807, 2.05) is 24.3 Å². The van der Waals surface area contributed by atoms with Crippen molar-refractivity contribution in [3.05, 3.63) is 34.3 Å². The van der Waals surface area contributed by atoms with Crippen LogP contribution in [0.5, 0.6) is 0 Å². The number of hydrogen-bond acceptors (Lipinski definition) is 3. The molecular formula is C14H18BrNO2. The van der Waals surface area contributed by atoms with Gasteiger partial charge in [-0.25, -0.2) is 0 Å². The van der Waals surface area contributed by atoms with E-state index in [9.17, 15) is 4.79 Å². The summed E-state index contributed by atoms with van der Waals surface area (Å²) in [7, 11) is 0. The zero-order chi connectivity index (χ0) is 12.8. The van der Waals surface area contributed by atoms with Gasteiger partial charge in [0, 0.05) is 10.9 Å². The van der Waals surface area contributed by atoms with E-state index in [4.69, 9.17) is 4.74 Å². The molecule has 0 radical (unpaired) electrons. The number of nitrogens with one attached hydrogen (secondary N) is 1. The van der Waals surface area contributed by atoms with E-state index < -0.39 is 0 Å². The maximum atomic E-state index is 11.6. The third kappa shape index (κ3) is 4.42. The Morgan fingerprint density at radius 1 is 1.39 bits per heavy atom. The molecule has 0 saturated carbocycles. The second-order valence-electron chi connectivity index (χ2n) is 4.68. The SMILES string of the molecule is O=C(CCC1CCNC1)OCc1ccc(Br)cc1. The molecule has 1 aromatic rings. The highest BCUT2D eigenvalue weighted by Gasteiger charge is 2.16. The average molecular weight is 312 g/mol. The minimum absolute atomic E-state index is 0.0928. The molecule has 18 heavy (non-hydrogen) atoms. The molecule has 0 aliphatic carbocycles. The van der Waals surface area contributed by atoms with Crippen LogP contribution in [0.4, 0.5) is 0 Å². The van der Waals surface area contributed by atoms with E-state index in [-0.39, 0.29) is 5.97 Å². The summed E-state index contributed by atoms with van der Waals surface area (Å²) >= 11 is 3.37. The van der Waals surface area contributed by atoms with Crippen molar-refractivity contribution in [3.63, 3.8) is 0 Å². The standard InChI is InChI=1S/C14H18BrNO2/c15-13-4-1-12(2-5-13)10-18-14(17)6-3-11-7-8-16-9-11/h1-2,4-5,11,16H,3,6-10H2. The van der Waals surface area contributed by atoms with Gasteiger partial charge in [-0.15, -0.1) is 0 Å². The van der Waals surface area contributed by atoms with Gasteiger partial charge in [0.1, 0.15) is 6.61 Å². The molecule has 4 heteroatoms. The lowest BCUT2D eigenvalue weighted by Crippen LogP contribution is -2.11. The van der Waals surface area contributed by atoms with Crippen LogP contribution >= 0.6 is 15.9 Å². The summed E-state index contributed by atoms with van der Waals surface area (Å²) in [6.07, 6.45) is 2.65. The first-order valence-corrected chi connectivity index (χ1v) is 7.14. The van der Waals surface area contributed by atoms with Gasteiger partial charge in [0.2, 0.25) is 0 Å². The molecular weight excluding hydrogens is 294 g/mol. The number of esters is 1. The summed E-state index contributed by atoms with van der Waals surface area (Å²) in [5, 5.41) is 3.30. The number of hydrogen-bond donors (Lipinski definition) is 1. The molecule has 1 atom stereocenters. The van der Waals surface area contributed by atoms with Crippen molar-refractivity contribution in [2.75, 3.05) is 13.1 Å². The highest BCUT2D eigenvalue weighted by Crippen LogP contribution is 2.15. The van der Waals surface area contributed by atoms with Crippen molar-refractivity contribution in [3.8, 4) is 0 Å². The van der Waals surface area contributed by atoms with Gasteiger partial charge in [0.15, 0.2) is 0 Å². The fourth-order valence-electron chi connectivity index (χ4n) is 2.10. The van der Waals surface area contributed by atoms with Crippen molar-refractivity contribution >= 4 is 21.9 Å². The molecule has 3 nitrogen and oxygen atoms in total. The van der Waals surface area contributed by atoms with Crippen LogP contribution in [0, 0.1) is 5.92 Å². The smallest absolute Gasteiger partial charge is 0.306 e. The Balaban J connectivity index is 1.66. The summed E-state index contributed by atoms with van der Waals surface area (Å²) in [5.41, 5.74) is 1.02. The predicted molar refractivity (Wildman–Crippen MR) is 74.1 cm³/mol. The largest absolute Gasteiger partial charge is 0.461 e. The second kappa shape index (κ2) is 6.90. The zero-order valence-corrected chi connectivity index (χ0v) is 11.9. The normalized spacial score (nSPS) is 18.8. The van der Waals surface area contributed by atoms with Crippen molar-refractivity contribution < 1.29 is 9.53 Å². The first kappa shape index (κ1) is 13.6. The van der Waals surface area contributed by atoms with Crippen molar-refractivity contribution in [1.29, 1.82) is 0 Å². The summed E-state index contributed by atoms with van der Waals surface area (Å²) in [4.78, 5) is 11.6. The van der Waals surface area contributed by atoms with E-state index >= 15 is 0 Å². The number of ether oxygens (including phenoxy) is 1. The lowest BCUT2D eigenvalue weighted by molar-refractivity contribution is -0.145. The zero-order valence-electron chi connectivity index (χ0n) is 10.3. The van der Waals surface area contributed by atoms with E-state index in [2.05, 4.69) is 21.2 Å². The van der Waals surface area contributed by atoms with Crippen LogP contribution in [0.15, 0.2) is 28.7 Å². The summed E-state index contributed by atoms with van der Waals surface area (Å²) < 4.78 is 6.29. The van der Waals surface area contributed by atoms with Gasteiger partial charge in [0.05, 0.1) is 0 Å². The Morgan fingerprint density at radius 2 is 2.17 bits per heavy atom. The maximum Gasteiger partial charge on any atom is 0.306 e. The minimum atomic E-state index is -0.0928. The molecule has 1 saturated heterocycles. The number of rotatable bonds is 5. The number of benzene rings is 1. The molecule has 0 bridgehead atoms. The van der Waals surface area contributed by atoms with Gasteiger partial charge in [0.25, 0.3) is 0 Å². The van der Waals surface area contributed by atoms with Gasteiger partial charge in [-0.2, -0.15) is 0 Å². The highest BCUT2D eigenvalue weighted by atomic mass is 79.9. The Morgan fingerprint density at radius 3 is 2.83 bits per heavy atom. The molecule has 1 aromatic carbocycles. The Hall–Kier alpha value is -0.870. The van der Waals surface area contributed by atoms with Gasteiger partial charge in [-0.3, -0.25) is 4.79 Å². The number of carbonyl (C=O) groups excluding carboxylic acids is 1. The lowest BCUT2D eigenvalue weighted by Gasteiger charge is -2.08. The fraction of sp³-hybridized carbons (Fsp3) is 0.500. The van der Waals surface area contributed by atoms with Crippen LogP contribution in [0.2, 0.25) is 0 Å². The molecule has 0 aromatic heterocycles. The quantitative estimate of drug-likeness (QED) is 0.850. The van der Waals surface area contributed by atoms with Crippen LogP contribution in [0.1, 0.15) is 24.8 Å². The lowest BCUT2D eigenvalue weighted by atomic mass is 10.0. The molecule has 1 unspecified atom stereocenters. The Kier molecular flexibility index (Phi) is 5.20. The van der Waals surface area contributed by atoms with Crippen LogP contribution in [-0.2, 0) is 16.1 Å². The summed E-state index contributed by atoms with van der Waals surface area (Å²) in [6.45, 7) is 2.49. The molecule has 1 N–H and O–H groups in total. The van der Waals surface area contributed by atoms with Gasteiger partial charge in [-0.05, 0) is 49.5 Å². The topological polar surface area (TPSA) is 38.3 Å². The van der Waals surface area contributed by atoms with E-state index in [1.165, 1.54) is 6.42 Å². The third-order valence-electron chi connectivity index (χ3n) is 3.23. The number of halogens is 1. The molecule has 98 valence electrons. The van der Waals surface area contributed by atoms with Crippen LogP contribution in [-0.4, -0.2) is 19.1 Å². The molecule has 1 fully saturated rings. The molecule has 2 rings (SSSR count). The Labute approximate surface area is 116 Å². The Bertz CT molecular complexity index is 385. The first-order chi connectivity index (χ1) is 8.74. The maximum absolute atomic E-state index is 11.6. The van der Waals surface area contributed by atoms with Crippen LogP contribution in [0.3, 0.4) is 0 Å². The summed E-state index contributed by atoms with van der Waals surface area (Å²) in [6, 6.07) is 7.82. The second-order valence-corrected chi connectivity index (χ2v) is 5.60. The molecule has 1 aliphatic heterocycles. The van der Waals surface area contributed by atoms with Crippen LogP contribution in [0.25, 0.3) is 0 Å². The van der Waals surface area contributed by atoms with Gasteiger partial charge < -0.3 is 10.1 Å². The molecule has 1 heterocycles. The third-order valence-corrected chi connectivity index (χ3v) is 3.76. The van der Waals surface area contributed by atoms with E-state index in [1.54, 1.807) is 0 Å². The monoisotopic (exact) mass is 311 g/mol. The van der Waals surface area contributed by atoms with Gasteiger partial charge >= 0.3 is 5.97 Å². The van der Waals surface area contributed by atoms with Crippen LogP contribution < -0.4 is 5.32 Å². The molecule has 0 spiro atoms. The minimum Gasteiger partial charge on any atom is -0.461 e. The fourth-order valence-corrected chi connectivity index (χ4v) is 2.36. The van der Waals surface area contributed by atoms with Crippen molar-refractivity contribution in [2.45, 2.75) is 25.9 Å². The van der Waals surface area contributed by atoms with Crippen molar-refractivity contribution in [1.82, 2.24) is 5.32 Å². The summed E-state index contributed by atoms with van der Waals surface area (Å²) in [5.74, 6) is 0.551.